The number of rotatable bonds is 6. The Kier molecular flexibility index (Phi) is 6.32. The normalized spacial score (nSPS) is 16.1. The van der Waals surface area contributed by atoms with Gasteiger partial charge in [0, 0.05) is 6.08 Å². The Morgan fingerprint density at radius 2 is 1.93 bits per heavy atom. The van der Waals surface area contributed by atoms with Gasteiger partial charge in [-0.1, -0.05) is 6.92 Å². The van der Waals surface area contributed by atoms with Crippen LogP contribution in [0.5, 0.6) is 11.5 Å². The van der Waals surface area contributed by atoms with Crippen molar-refractivity contribution in [2.75, 3.05) is 6.61 Å². The molecule has 0 saturated heterocycles. The Balaban J connectivity index is 0.000000194. The van der Waals surface area contributed by atoms with Crippen molar-refractivity contribution in [2.45, 2.75) is 33.3 Å². The number of phenols is 1. The van der Waals surface area contributed by atoms with E-state index in [0.717, 1.165) is 6.42 Å². The van der Waals surface area contributed by atoms with Gasteiger partial charge < -0.3 is 19.7 Å². The first kappa shape index (κ1) is 20.6. The number of allylic oxidation sites excluding steroid dienone is 3. The van der Waals surface area contributed by atoms with E-state index in [9.17, 15) is 18.3 Å². The average Bonchev–Trinajstić information content (AvgIpc) is 3.00. The Hall–Kier alpha value is -2.74. The zero-order valence-electron chi connectivity index (χ0n) is 15.3. The van der Waals surface area contributed by atoms with Crippen LogP contribution in [0, 0.1) is 0 Å². The highest BCUT2D eigenvalue weighted by Crippen LogP contribution is 2.37. The highest BCUT2D eigenvalue weighted by Gasteiger charge is 2.35. The molecule has 0 amide bonds. The zero-order valence-corrected chi connectivity index (χ0v) is 16.1. The molecular weight excluding hydrogens is 372 g/mol. The van der Waals surface area contributed by atoms with Crippen molar-refractivity contribution in [1.82, 2.24) is 0 Å². The average molecular weight is 394 g/mol. The van der Waals surface area contributed by atoms with Gasteiger partial charge in [-0.2, -0.15) is 0 Å². The van der Waals surface area contributed by atoms with Crippen molar-refractivity contribution in [3.8, 4) is 11.5 Å². The smallest absolute Gasteiger partial charge is 0.339 e. The Bertz CT molecular complexity index is 921. The van der Waals surface area contributed by atoms with Crippen molar-refractivity contribution in [3.05, 3.63) is 57.6 Å². The molecule has 0 radical (unpaired) electrons. The van der Waals surface area contributed by atoms with Gasteiger partial charge in [-0.15, -0.1) is 0 Å². The molecule has 146 valence electrons. The summed E-state index contributed by atoms with van der Waals surface area (Å²) in [6, 6.07) is 4.17. The first-order valence-electron chi connectivity index (χ1n) is 8.41. The number of carboxylic acids is 1. The molecule has 2 aliphatic heterocycles. The van der Waals surface area contributed by atoms with Crippen LogP contribution >= 0.6 is 0 Å². The van der Waals surface area contributed by atoms with Gasteiger partial charge in [0.15, 0.2) is 0 Å². The van der Waals surface area contributed by atoms with E-state index in [4.69, 9.17) is 14.6 Å². The summed E-state index contributed by atoms with van der Waals surface area (Å²) in [5.74, 6) is -0.472. The fourth-order valence-corrected chi connectivity index (χ4v) is 3.73. The van der Waals surface area contributed by atoms with Crippen molar-refractivity contribution in [3.63, 3.8) is 0 Å². The van der Waals surface area contributed by atoms with E-state index in [-0.39, 0.29) is 17.4 Å². The second-order valence-electron chi connectivity index (χ2n) is 6.11. The van der Waals surface area contributed by atoms with Crippen molar-refractivity contribution in [1.29, 1.82) is 0 Å². The van der Waals surface area contributed by atoms with E-state index < -0.39 is 15.8 Å². The molecule has 27 heavy (non-hydrogen) atoms. The predicted molar refractivity (Wildman–Crippen MR) is 100 cm³/mol. The lowest BCUT2D eigenvalue weighted by atomic mass is 10.2. The molecule has 0 saturated carbocycles. The first-order chi connectivity index (χ1) is 12.7. The number of aromatic hydroxyl groups is 1. The van der Waals surface area contributed by atoms with Crippen LogP contribution in [0.4, 0.5) is 0 Å². The maximum atomic E-state index is 11.5. The number of benzene rings is 1. The van der Waals surface area contributed by atoms with Crippen LogP contribution < -0.4 is 4.74 Å². The molecular formula is C19H22O7S. The maximum Gasteiger partial charge on any atom is 0.339 e. The van der Waals surface area contributed by atoms with Gasteiger partial charge in [0.1, 0.15) is 27.7 Å². The first-order valence-corrected chi connectivity index (χ1v) is 9.90. The number of hydrogen-bond donors (Lipinski definition) is 2. The number of aromatic carboxylic acids is 1. The van der Waals surface area contributed by atoms with Gasteiger partial charge in [-0.25, -0.2) is 13.2 Å². The van der Waals surface area contributed by atoms with Crippen LogP contribution in [-0.2, 0) is 14.6 Å². The molecule has 0 fully saturated rings. The molecule has 0 atom stereocenters. The molecule has 0 aromatic heterocycles. The molecule has 3 rings (SSSR count). The van der Waals surface area contributed by atoms with E-state index in [2.05, 4.69) is 0 Å². The quantitative estimate of drug-likeness (QED) is 0.761. The largest absolute Gasteiger partial charge is 0.507 e. The number of hydrogen-bond acceptors (Lipinski definition) is 6. The second-order valence-corrected chi connectivity index (χ2v) is 8.03. The molecule has 7 nitrogen and oxygen atoms in total. The fourth-order valence-electron chi connectivity index (χ4n) is 2.35. The van der Waals surface area contributed by atoms with Gasteiger partial charge in [0.2, 0.25) is 9.84 Å². The molecule has 0 unspecified atom stereocenters. The molecule has 1 aromatic carbocycles. The third-order valence-electron chi connectivity index (χ3n) is 3.55. The fraction of sp³-hybridized carbons (Fsp3) is 0.316. The lowest BCUT2D eigenvalue weighted by Crippen LogP contribution is -2.02. The van der Waals surface area contributed by atoms with E-state index >= 15 is 0 Å². The summed E-state index contributed by atoms with van der Waals surface area (Å²) in [5, 5.41) is 17.9. The van der Waals surface area contributed by atoms with E-state index in [1.807, 2.05) is 20.8 Å². The van der Waals surface area contributed by atoms with Gasteiger partial charge in [-0.05, 0) is 50.6 Å². The van der Waals surface area contributed by atoms with Gasteiger partial charge in [0.05, 0.1) is 17.6 Å². The van der Waals surface area contributed by atoms with Crippen LogP contribution in [0.1, 0.15) is 37.6 Å². The topological polar surface area (TPSA) is 110 Å². The third kappa shape index (κ3) is 4.71. The maximum absolute atomic E-state index is 11.5. The monoisotopic (exact) mass is 394 g/mol. The molecule has 2 aliphatic rings. The molecule has 2 N–H and O–H groups in total. The molecule has 2 bridgehead atoms. The summed E-state index contributed by atoms with van der Waals surface area (Å²) in [5.41, 5.74) is -0.140. The van der Waals surface area contributed by atoms with Gasteiger partial charge in [0.25, 0.3) is 0 Å². The Labute approximate surface area is 158 Å². The van der Waals surface area contributed by atoms with Crippen molar-refractivity contribution >= 4 is 15.8 Å². The van der Waals surface area contributed by atoms with E-state index in [1.54, 1.807) is 18.2 Å². The van der Waals surface area contributed by atoms with Crippen molar-refractivity contribution in [2.24, 2.45) is 0 Å². The number of ether oxygens (including phenoxy) is 2. The Morgan fingerprint density at radius 3 is 2.41 bits per heavy atom. The number of sulfone groups is 1. The summed E-state index contributed by atoms with van der Waals surface area (Å²) in [7, 11) is -3.18. The minimum absolute atomic E-state index is 0.00213. The predicted octanol–water partition coefficient (Wildman–Crippen LogP) is 3.38. The van der Waals surface area contributed by atoms with E-state index in [0.29, 0.717) is 27.9 Å². The Morgan fingerprint density at radius 1 is 1.22 bits per heavy atom. The highest BCUT2D eigenvalue weighted by molar-refractivity contribution is 8.00. The van der Waals surface area contributed by atoms with E-state index in [1.165, 1.54) is 18.2 Å². The van der Waals surface area contributed by atoms with Crippen LogP contribution in [0.25, 0.3) is 0 Å². The standard InChI is InChI=1S/C10H12O4.C9H10O3S/c1-2-5-14-7-3-4-9(11)8(6-7)10(12)13;1-6(2)12-8-5-7-3-4-9(8)13(7,10)11/h3-4,6,11H,2,5H2,1H3,(H,12,13);3-6H,1-2H3. The summed E-state index contributed by atoms with van der Waals surface area (Å²) < 4.78 is 33.5. The van der Waals surface area contributed by atoms with Crippen LogP contribution in [-0.4, -0.2) is 37.3 Å². The highest BCUT2D eigenvalue weighted by atomic mass is 32.2. The molecule has 8 heteroatoms. The summed E-state index contributed by atoms with van der Waals surface area (Å²) in [4.78, 5) is 11.3. The molecule has 0 aliphatic carbocycles. The van der Waals surface area contributed by atoms with Gasteiger partial charge in [-0.3, -0.25) is 0 Å². The lowest BCUT2D eigenvalue weighted by molar-refractivity contribution is 0.0693. The molecule has 1 aromatic rings. The minimum atomic E-state index is -3.18. The third-order valence-corrected chi connectivity index (χ3v) is 5.34. The summed E-state index contributed by atoms with van der Waals surface area (Å²) in [6.07, 6.45) is 5.61. The molecule has 2 heterocycles. The SMILES string of the molecule is CC(C)OC1=C2C=CC(=C1)S2(=O)=O.CCCOc1ccc(O)c(C(=O)O)c1. The second kappa shape index (κ2) is 8.30. The number of fused-ring (bicyclic) bond motifs is 2. The summed E-state index contributed by atoms with van der Waals surface area (Å²) in [6.45, 7) is 6.23. The number of carboxylic acid groups (broad SMARTS) is 1. The van der Waals surface area contributed by atoms with Crippen LogP contribution in [0.15, 0.2) is 52.0 Å². The lowest BCUT2D eigenvalue weighted by Gasteiger charge is -2.09. The van der Waals surface area contributed by atoms with Crippen LogP contribution in [0.3, 0.4) is 0 Å². The minimum Gasteiger partial charge on any atom is -0.507 e. The van der Waals surface area contributed by atoms with Crippen LogP contribution in [0.2, 0.25) is 0 Å². The zero-order chi connectivity index (χ0) is 20.2. The summed E-state index contributed by atoms with van der Waals surface area (Å²) >= 11 is 0. The van der Waals surface area contributed by atoms with Crippen molar-refractivity contribution < 1.29 is 32.9 Å². The molecule has 0 spiro atoms. The number of carbonyl (C=O) groups is 1. The van der Waals surface area contributed by atoms with Gasteiger partial charge >= 0.3 is 5.97 Å².